The van der Waals surface area contributed by atoms with Gasteiger partial charge in [-0.05, 0) is 42.0 Å². The van der Waals surface area contributed by atoms with E-state index in [2.05, 4.69) is 15.7 Å². The van der Waals surface area contributed by atoms with Gasteiger partial charge in [-0.2, -0.15) is 5.10 Å². The van der Waals surface area contributed by atoms with Crippen molar-refractivity contribution in [1.29, 1.82) is 0 Å². The monoisotopic (exact) mass is 334 g/mol. The third-order valence-electron chi connectivity index (χ3n) is 3.62. The molecule has 0 bridgehead atoms. The van der Waals surface area contributed by atoms with Crippen molar-refractivity contribution in [2.45, 2.75) is 13.5 Å². The minimum absolute atomic E-state index is 0.148. The fourth-order valence-corrected chi connectivity index (χ4v) is 2.45. The summed E-state index contributed by atoms with van der Waals surface area (Å²) in [7, 11) is 0. The molecule has 0 unspecified atom stereocenters. The van der Waals surface area contributed by atoms with E-state index in [9.17, 15) is 9.59 Å². The number of rotatable bonds is 5. The van der Waals surface area contributed by atoms with Crippen LogP contribution < -0.4 is 10.6 Å². The van der Waals surface area contributed by atoms with E-state index >= 15 is 0 Å². The van der Waals surface area contributed by atoms with Gasteiger partial charge in [-0.15, -0.1) is 0 Å². The average Bonchev–Trinajstić information content (AvgIpc) is 3.10. The topological polar surface area (TPSA) is 76.0 Å². The fraction of sp³-hybridized carbons (Fsp3) is 0.105. The van der Waals surface area contributed by atoms with E-state index in [1.807, 2.05) is 36.5 Å². The first-order valence-corrected chi connectivity index (χ1v) is 7.86. The van der Waals surface area contributed by atoms with Gasteiger partial charge in [-0.1, -0.05) is 18.2 Å². The Morgan fingerprint density at radius 1 is 1.00 bits per heavy atom. The van der Waals surface area contributed by atoms with Crippen LogP contribution in [0.15, 0.2) is 67.0 Å². The predicted octanol–water partition coefficient (Wildman–Crippen LogP) is 3.14. The van der Waals surface area contributed by atoms with Crippen LogP contribution >= 0.6 is 0 Å². The number of amides is 2. The first-order chi connectivity index (χ1) is 12.1. The molecule has 0 atom stereocenters. The van der Waals surface area contributed by atoms with Crippen LogP contribution in [0.5, 0.6) is 0 Å². The first-order valence-electron chi connectivity index (χ1n) is 7.86. The Balaban J connectivity index is 1.73. The summed E-state index contributed by atoms with van der Waals surface area (Å²) in [6, 6.07) is 16.2. The highest BCUT2D eigenvalue weighted by atomic mass is 16.2. The minimum atomic E-state index is -0.206. The van der Waals surface area contributed by atoms with Crippen molar-refractivity contribution in [2.75, 3.05) is 10.6 Å². The first kappa shape index (κ1) is 16.4. The summed E-state index contributed by atoms with van der Waals surface area (Å²) in [6.45, 7) is 2.02. The standard InChI is InChI=1S/C19H18N4O2/c1-14(24)21-17-9-7-15(8-10-17)19(25)22-18-6-3-2-5-16(18)13-23-12-4-11-20-23/h2-12H,13H2,1H3,(H,21,24)(H,22,25). The van der Waals surface area contributed by atoms with E-state index in [4.69, 9.17) is 0 Å². The number of para-hydroxylation sites is 1. The molecule has 1 heterocycles. The summed E-state index contributed by atoms with van der Waals surface area (Å²) in [5, 5.41) is 9.80. The van der Waals surface area contributed by atoms with Gasteiger partial charge in [-0.3, -0.25) is 14.3 Å². The third-order valence-corrected chi connectivity index (χ3v) is 3.62. The van der Waals surface area contributed by atoms with Crippen LogP contribution in [0.3, 0.4) is 0 Å². The van der Waals surface area contributed by atoms with E-state index in [0.717, 1.165) is 11.3 Å². The van der Waals surface area contributed by atoms with Gasteiger partial charge < -0.3 is 10.6 Å². The van der Waals surface area contributed by atoms with E-state index < -0.39 is 0 Å². The van der Waals surface area contributed by atoms with Crippen molar-refractivity contribution in [2.24, 2.45) is 0 Å². The van der Waals surface area contributed by atoms with Crippen molar-refractivity contribution in [3.8, 4) is 0 Å². The second kappa shape index (κ2) is 7.44. The Hall–Kier alpha value is -3.41. The lowest BCUT2D eigenvalue weighted by molar-refractivity contribution is -0.114. The van der Waals surface area contributed by atoms with Gasteiger partial charge in [0.2, 0.25) is 5.91 Å². The molecule has 0 saturated heterocycles. The number of carbonyl (C=O) groups excluding carboxylic acids is 2. The minimum Gasteiger partial charge on any atom is -0.326 e. The molecule has 2 amide bonds. The molecule has 0 aliphatic heterocycles. The fourth-order valence-electron chi connectivity index (χ4n) is 2.45. The molecule has 0 aliphatic carbocycles. The van der Waals surface area contributed by atoms with Crippen molar-refractivity contribution < 1.29 is 9.59 Å². The molecule has 1 aromatic heterocycles. The molecular formula is C19H18N4O2. The van der Waals surface area contributed by atoms with Crippen molar-refractivity contribution >= 4 is 23.2 Å². The average molecular weight is 334 g/mol. The zero-order valence-electron chi connectivity index (χ0n) is 13.8. The maximum absolute atomic E-state index is 12.5. The lowest BCUT2D eigenvalue weighted by Crippen LogP contribution is -2.14. The van der Waals surface area contributed by atoms with Crippen molar-refractivity contribution in [3.05, 3.63) is 78.1 Å². The molecule has 3 rings (SSSR count). The highest BCUT2D eigenvalue weighted by Gasteiger charge is 2.09. The van der Waals surface area contributed by atoms with Crippen LogP contribution in [-0.2, 0) is 11.3 Å². The van der Waals surface area contributed by atoms with Crippen molar-refractivity contribution in [1.82, 2.24) is 9.78 Å². The molecule has 2 N–H and O–H groups in total. The number of carbonyl (C=O) groups is 2. The molecule has 25 heavy (non-hydrogen) atoms. The van der Waals surface area contributed by atoms with E-state index in [0.29, 0.717) is 17.8 Å². The van der Waals surface area contributed by atoms with Crippen LogP contribution in [0.25, 0.3) is 0 Å². The largest absolute Gasteiger partial charge is 0.326 e. The van der Waals surface area contributed by atoms with Gasteiger partial charge >= 0.3 is 0 Å². The Morgan fingerprint density at radius 2 is 1.76 bits per heavy atom. The van der Waals surface area contributed by atoms with Crippen LogP contribution in [0.1, 0.15) is 22.8 Å². The maximum atomic E-state index is 12.5. The molecule has 0 radical (unpaired) electrons. The Morgan fingerprint density at radius 3 is 2.44 bits per heavy atom. The number of hydrogen-bond donors (Lipinski definition) is 2. The van der Waals surface area contributed by atoms with E-state index in [1.54, 1.807) is 35.1 Å². The molecule has 0 fully saturated rings. The molecule has 6 heteroatoms. The molecular weight excluding hydrogens is 316 g/mol. The van der Waals surface area contributed by atoms with Gasteiger partial charge in [-0.25, -0.2) is 0 Å². The van der Waals surface area contributed by atoms with E-state index in [1.165, 1.54) is 6.92 Å². The number of hydrogen-bond acceptors (Lipinski definition) is 3. The second-order valence-electron chi connectivity index (χ2n) is 5.57. The highest BCUT2D eigenvalue weighted by molar-refractivity contribution is 6.05. The number of benzene rings is 2. The molecule has 0 spiro atoms. The summed E-state index contributed by atoms with van der Waals surface area (Å²) in [6.07, 6.45) is 3.59. The molecule has 3 aromatic rings. The lowest BCUT2D eigenvalue weighted by Gasteiger charge is -2.11. The Bertz CT molecular complexity index is 871. The normalized spacial score (nSPS) is 10.3. The predicted molar refractivity (Wildman–Crippen MR) is 96.5 cm³/mol. The van der Waals surface area contributed by atoms with Crippen molar-refractivity contribution in [3.63, 3.8) is 0 Å². The van der Waals surface area contributed by atoms with Crippen LogP contribution in [0.2, 0.25) is 0 Å². The number of anilines is 2. The molecule has 2 aromatic carbocycles. The Kier molecular flexibility index (Phi) is 4.89. The lowest BCUT2D eigenvalue weighted by atomic mass is 10.1. The van der Waals surface area contributed by atoms with Gasteiger partial charge in [0.05, 0.1) is 6.54 Å². The molecule has 0 saturated carbocycles. The molecule has 0 aliphatic rings. The van der Waals surface area contributed by atoms with E-state index in [-0.39, 0.29) is 11.8 Å². The van der Waals surface area contributed by atoms with Gasteiger partial charge in [0.15, 0.2) is 0 Å². The maximum Gasteiger partial charge on any atom is 0.255 e. The summed E-state index contributed by atoms with van der Waals surface area (Å²) >= 11 is 0. The highest BCUT2D eigenvalue weighted by Crippen LogP contribution is 2.18. The van der Waals surface area contributed by atoms with Gasteiger partial charge in [0, 0.05) is 36.3 Å². The number of nitrogens with zero attached hydrogens (tertiary/aromatic N) is 2. The second-order valence-corrected chi connectivity index (χ2v) is 5.57. The zero-order chi connectivity index (χ0) is 17.6. The molecule has 126 valence electrons. The van der Waals surface area contributed by atoms with Gasteiger partial charge in [0.25, 0.3) is 5.91 Å². The van der Waals surface area contributed by atoms with Crippen LogP contribution in [0, 0.1) is 0 Å². The molecule has 6 nitrogen and oxygen atoms in total. The third kappa shape index (κ3) is 4.32. The zero-order valence-corrected chi connectivity index (χ0v) is 13.8. The summed E-state index contributed by atoms with van der Waals surface area (Å²) in [5.74, 6) is -0.355. The van der Waals surface area contributed by atoms with Gasteiger partial charge in [0.1, 0.15) is 0 Å². The number of aromatic nitrogens is 2. The summed E-state index contributed by atoms with van der Waals surface area (Å²) in [5.41, 5.74) is 2.88. The van der Waals surface area contributed by atoms with Crippen LogP contribution in [-0.4, -0.2) is 21.6 Å². The summed E-state index contributed by atoms with van der Waals surface area (Å²) < 4.78 is 1.80. The Labute approximate surface area is 145 Å². The quantitative estimate of drug-likeness (QED) is 0.752. The smallest absolute Gasteiger partial charge is 0.255 e. The summed E-state index contributed by atoms with van der Waals surface area (Å²) in [4.78, 5) is 23.5. The SMILES string of the molecule is CC(=O)Nc1ccc(C(=O)Nc2ccccc2Cn2cccn2)cc1. The van der Waals surface area contributed by atoms with Crippen LogP contribution in [0.4, 0.5) is 11.4 Å². The number of nitrogens with one attached hydrogen (secondary N) is 2.